The van der Waals surface area contributed by atoms with Crippen LogP contribution in [-0.4, -0.2) is 44.1 Å². The van der Waals surface area contributed by atoms with Gasteiger partial charge in [-0.2, -0.15) is 0 Å². The van der Waals surface area contributed by atoms with E-state index in [0.717, 1.165) is 6.42 Å². The van der Waals surface area contributed by atoms with E-state index >= 15 is 0 Å². The number of hydrogen-bond acceptors (Lipinski definition) is 3. The average Bonchev–Trinajstić information content (AvgIpc) is 2.53. The Balaban J connectivity index is 1.86. The maximum atomic E-state index is 12.4. The van der Waals surface area contributed by atoms with Crippen molar-refractivity contribution < 1.29 is 13.2 Å². The van der Waals surface area contributed by atoms with Gasteiger partial charge < -0.3 is 4.90 Å². The fourth-order valence-corrected chi connectivity index (χ4v) is 4.28. The van der Waals surface area contributed by atoms with Crippen molar-refractivity contribution in [2.24, 2.45) is 0 Å². The minimum Gasteiger partial charge on any atom is -0.339 e. The van der Waals surface area contributed by atoms with Crippen molar-refractivity contribution in [3.05, 3.63) is 34.9 Å². The first kappa shape index (κ1) is 18.2. The summed E-state index contributed by atoms with van der Waals surface area (Å²) in [6, 6.07) is 6.74. The standard InChI is InChI=1S/C16H23ClN2O3S/c1-2-3-12-23(21,22)18-15-8-10-19(11-9-15)16(20)13-4-6-14(17)7-5-13/h4-7,15,18H,2-3,8-12H2,1H3. The number of nitrogens with one attached hydrogen (secondary N) is 1. The van der Waals surface area contributed by atoms with E-state index in [4.69, 9.17) is 11.6 Å². The van der Waals surface area contributed by atoms with Gasteiger partial charge in [-0.15, -0.1) is 0 Å². The first-order chi connectivity index (χ1) is 10.9. The Labute approximate surface area is 143 Å². The lowest BCUT2D eigenvalue weighted by Gasteiger charge is -2.32. The monoisotopic (exact) mass is 358 g/mol. The van der Waals surface area contributed by atoms with Crippen molar-refractivity contribution >= 4 is 27.5 Å². The van der Waals surface area contributed by atoms with Gasteiger partial charge in [-0.25, -0.2) is 13.1 Å². The maximum absolute atomic E-state index is 12.4. The topological polar surface area (TPSA) is 66.5 Å². The molecule has 1 amide bonds. The third-order valence-corrected chi connectivity index (χ3v) is 5.76. The Morgan fingerprint density at radius 3 is 2.43 bits per heavy atom. The van der Waals surface area contributed by atoms with Crippen molar-refractivity contribution in [3.63, 3.8) is 0 Å². The molecule has 1 aliphatic heterocycles. The number of benzene rings is 1. The number of nitrogens with zero attached hydrogens (tertiary/aromatic N) is 1. The molecule has 23 heavy (non-hydrogen) atoms. The van der Waals surface area contributed by atoms with Gasteiger partial charge in [0.05, 0.1) is 5.75 Å². The number of unbranched alkanes of at least 4 members (excludes halogenated alkanes) is 1. The molecule has 7 heteroatoms. The molecule has 1 N–H and O–H groups in total. The molecule has 0 radical (unpaired) electrons. The van der Waals surface area contributed by atoms with Crippen molar-refractivity contribution in [2.45, 2.75) is 38.6 Å². The molecule has 128 valence electrons. The van der Waals surface area contributed by atoms with E-state index in [0.29, 0.717) is 42.9 Å². The van der Waals surface area contributed by atoms with E-state index < -0.39 is 10.0 Å². The molecule has 0 atom stereocenters. The number of halogens is 1. The lowest BCUT2D eigenvalue weighted by atomic mass is 10.0. The molecule has 1 heterocycles. The van der Waals surface area contributed by atoms with Crippen LogP contribution in [0.5, 0.6) is 0 Å². The summed E-state index contributed by atoms with van der Waals surface area (Å²) in [5, 5.41) is 0.599. The molecule has 1 aromatic rings. The maximum Gasteiger partial charge on any atom is 0.253 e. The van der Waals surface area contributed by atoms with E-state index in [-0.39, 0.29) is 17.7 Å². The summed E-state index contributed by atoms with van der Waals surface area (Å²) in [7, 11) is -3.21. The molecule has 0 bridgehead atoms. The van der Waals surface area contributed by atoms with Gasteiger partial charge in [0.1, 0.15) is 0 Å². The number of carbonyl (C=O) groups excluding carboxylic acids is 1. The van der Waals surface area contributed by atoms with Gasteiger partial charge in [0, 0.05) is 29.7 Å². The molecular formula is C16H23ClN2O3S. The van der Waals surface area contributed by atoms with E-state index in [1.54, 1.807) is 29.2 Å². The van der Waals surface area contributed by atoms with Gasteiger partial charge in [0.2, 0.25) is 10.0 Å². The Morgan fingerprint density at radius 2 is 1.87 bits per heavy atom. The van der Waals surface area contributed by atoms with Crippen LogP contribution >= 0.6 is 11.6 Å². The molecule has 1 saturated heterocycles. The average molecular weight is 359 g/mol. The number of carbonyl (C=O) groups is 1. The Hall–Kier alpha value is -1.11. The van der Waals surface area contributed by atoms with E-state index in [1.807, 2.05) is 6.92 Å². The molecule has 0 saturated carbocycles. The Morgan fingerprint density at radius 1 is 1.26 bits per heavy atom. The first-order valence-electron chi connectivity index (χ1n) is 7.96. The Bertz CT molecular complexity index is 623. The zero-order chi connectivity index (χ0) is 16.9. The number of amides is 1. The van der Waals surface area contributed by atoms with Crippen molar-refractivity contribution in [1.82, 2.24) is 9.62 Å². The quantitative estimate of drug-likeness (QED) is 0.850. The van der Waals surface area contributed by atoms with Crippen LogP contribution in [0.4, 0.5) is 0 Å². The molecule has 1 aromatic carbocycles. The van der Waals surface area contributed by atoms with Crippen molar-refractivity contribution in [1.29, 1.82) is 0 Å². The largest absolute Gasteiger partial charge is 0.339 e. The number of likely N-dealkylation sites (tertiary alicyclic amines) is 1. The second-order valence-electron chi connectivity index (χ2n) is 5.86. The summed E-state index contributed by atoms with van der Waals surface area (Å²) in [4.78, 5) is 14.2. The predicted molar refractivity (Wildman–Crippen MR) is 92.2 cm³/mol. The van der Waals surface area contributed by atoms with Gasteiger partial charge in [-0.05, 0) is 43.5 Å². The van der Waals surface area contributed by atoms with Crippen molar-refractivity contribution in [3.8, 4) is 0 Å². The highest BCUT2D eigenvalue weighted by atomic mass is 35.5. The summed E-state index contributed by atoms with van der Waals surface area (Å²) >= 11 is 5.83. The molecule has 0 spiro atoms. The number of piperidine rings is 1. The third kappa shape index (κ3) is 5.48. The first-order valence-corrected chi connectivity index (χ1v) is 9.99. The van der Waals surface area contributed by atoms with Crippen LogP contribution in [-0.2, 0) is 10.0 Å². The van der Waals surface area contributed by atoms with Gasteiger partial charge in [0.25, 0.3) is 5.91 Å². The highest BCUT2D eigenvalue weighted by molar-refractivity contribution is 7.89. The van der Waals surface area contributed by atoms with E-state index in [9.17, 15) is 13.2 Å². The van der Waals surface area contributed by atoms with Gasteiger partial charge >= 0.3 is 0 Å². The predicted octanol–water partition coefficient (Wildman–Crippen LogP) is 2.66. The van der Waals surface area contributed by atoms with Gasteiger partial charge in [-0.1, -0.05) is 24.9 Å². The van der Waals surface area contributed by atoms with Gasteiger partial charge in [0.15, 0.2) is 0 Å². The fourth-order valence-electron chi connectivity index (χ4n) is 2.62. The normalized spacial score (nSPS) is 16.5. The highest BCUT2D eigenvalue weighted by Gasteiger charge is 2.26. The summed E-state index contributed by atoms with van der Waals surface area (Å²) < 4.78 is 26.6. The minimum absolute atomic E-state index is 0.0334. The summed E-state index contributed by atoms with van der Waals surface area (Å²) in [6.07, 6.45) is 2.81. The van der Waals surface area contributed by atoms with Crippen LogP contribution in [0.2, 0.25) is 5.02 Å². The van der Waals surface area contributed by atoms with E-state index in [1.165, 1.54) is 0 Å². The number of rotatable bonds is 6. The van der Waals surface area contributed by atoms with Crippen LogP contribution in [0.25, 0.3) is 0 Å². The fraction of sp³-hybridized carbons (Fsp3) is 0.562. The van der Waals surface area contributed by atoms with E-state index in [2.05, 4.69) is 4.72 Å². The molecule has 5 nitrogen and oxygen atoms in total. The van der Waals surface area contributed by atoms with Crippen molar-refractivity contribution in [2.75, 3.05) is 18.8 Å². The summed E-state index contributed by atoms with van der Waals surface area (Å²) in [5.41, 5.74) is 0.608. The van der Waals surface area contributed by atoms with Crippen LogP contribution in [0.1, 0.15) is 43.0 Å². The Kier molecular flexibility index (Phi) is 6.44. The number of sulfonamides is 1. The summed E-state index contributed by atoms with van der Waals surface area (Å²) in [6.45, 7) is 3.08. The van der Waals surface area contributed by atoms with Crippen LogP contribution in [0.15, 0.2) is 24.3 Å². The summed E-state index contributed by atoms with van der Waals surface area (Å²) in [5.74, 6) is 0.141. The van der Waals surface area contributed by atoms with Crippen LogP contribution in [0.3, 0.4) is 0 Å². The molecule has 0 aromatic heterocycles. The molecule has 1 fully saturated rings. The second kappa shape index (κ2) is 8.13. The van der Waals surface area contributed by atoms with Crippen LogP contribution in [0, 0.1) is 0 Å². The zero-order valence-corrected chi connectivity index (χ0v) is 14.9. The minimum atomic E-state index is -3.21. The second-order valence-corrected chi connectivity index (χ2v) is 8.17. The molecule has 1 aliphatic rings. The highest BCUT2D eigenvalue weighted by Crippen LogP contribution is 2.16. The lowest BCUT2D eigenvalue weighted by Crippen LogP contribution is -2.47. The molecule has 0 unspecified atom stereocenters. The SMILES string of the molecule is CCCCS(=O)(=O)NC1CCN(C(=O)c2ccc(Cl)cc2)CC1. The molecular weight excluding hydrogens is 336 g/mol. The molecule has 0 aliphatic carbocycles. The smallest absolute Gasteiger partial charge is 0.253 e. The number of hydrogen-bond donors (Lipinski definition) is 1. The van der Waals surface area contributed by atoms with Crippen LogP contribution < -0.4 is 4.72 Å². The third-order valence-electron chi connectivity index (χ3n) is 3.99. The zero-order valence-electron chi connectivity index (χ0n) is 13.3. The lowest BCUT2D eigenvalue weighted by molar-refractivity contribution is 0.0711. The van der Waals surface area contributed by atoms with Gasteiger partial charge in [-0.3, -0.25) is 4.79 Å². The molecule has 2 rings (SSSR count).